The Hall–Kier alpha value is -2.29. The van der Waals surface area contributed by atoms with Crippen LogP contribution in [0.1, 0.15) is 12.8 Å². The average molecular weight is 382 g/mol. The second-order valence-corrected chi connectivity index (χ2v) is 5.51. The first-order chi connectivity index (χ1) is 11.1. The average Bonchev–Trinajstić information content (AvgIpc) is 3.00. The minimum Gasteiger partial charge on any atom is -0.469 e. The zero-order chi connectivity index (χ0) is 16.7. The highest BCUT2D eigenvalue weighted by atomic mass is 79.9. The fraction of sp³-hybridized carbons (Fsp3) is 0.357. The van der Waals surface area contributed by atoms with E-state index in [0.717, 1.165) is 10.0 Å². The molecule has 0 aliphatic carbocycles. The van der Waals surface area contributed by atoms with Crippen LogP contribution in [0, 0.1) is 0 Å². The number of hydrogen-bond donors (Lipinski definition) is 1. The largest absolute Gasteiger partial charge is 0.469 e. The number of halogens is 1. The summed E-state index contributed by atoms with van der Waals surface area (Å²) in [6.07, 6.45) is 0.788. The molecule has 1 aromatic heterocycles. The van der Waals surface area contributed by atoms with E-state index in [1.165, 1.54) is 11.9 Å². The lowest BCUT2D eigenvalue weighted by Crippen LogP contribution is -2.29. The fourth-order valence-corrected chi connectivity index (χ4v) is 2.27. The number of hydrogen-bond acceptors (Lipinski definition) is 6. The highest BCUT2D eigenvalue weighted by Gasteiger charge is 2.11. The molecule has 0 radical (unpaired) electrons. The Balaban J connectivity index is 1.83. The molecule has 122 valence electrons. The first-order valence-electron chi connectivity index (χ1n) is 6.96. The number of benzene rings is 1. The van der Waals surface area contributed by atoms with Crippen LogP contribution in [0.4, 0.5) is 0 Å². The molecule has 0 fully saturated rings. The Morgan fingerprint density at radius 3 is 2.87 bits per heavy atom. The second kappa shape index (κ2) is 8.37. The molecule has 2 rings (SSSR count). The Bertz CT molecular complexity index is 689. The summed E-state index contributed by atoms with van der Waals surface area (Å²) in [7, 11) is 1.33. The van der Waals surface area contributed by atoms with E-state index in [2.05, 4.69) is 41.4 Å². The van der Waals surface area contributed by atoms with Gasteiger partial charge in [-0.25, -0.2) is 0 Å². The number of nitrogens with zero attached hydrogens (tertiary/aromatic N) is 4. The number of amides is 1. The van der Waals surface area contributed by atoms with Crippen molar-refractivity contribution in [3.8, 4) is 11.4 Å². The molecule has 9 heteroatoms. The zero-order valence-corrected chi connectivity index (χ0v) is 14.1. The quantitative estimate of drug-likeness (QED) is 0.570. The van der Waals surface area contributed by atoms with Gasteiger partial charge in [-0.3, -0.25) is 9.59 Å². The molecule has 0 aliphatic rings. The maximum absolute atomic E-state index is 11.8. The number of aromatic nitrogens is 4. The SMILES string of the molecule is COC(=O)CCCNC(=O)Cn1nnc(-c2ccccc2Br)n1. The second-order valence-electron chi connectivity index (χ2n) is 4.65. The zero-order valence-electron chi connectivity index (χ0n) is 12.5. The van der Waals surface area contributed by atoms with Gasteiger partial charge in [0.05, 0.1) is 7.11 Å². The predicted octanol–water partition coefficient (Wildman–Crippen LogP) is 1.17. The van der Waals surface area contributed by atoms with Gasteiger partial charge in [-0.15, -0.1) is 10.2 Å². The van der Waals surface area contributed by atoms with E-state index in [-0.39, 0.29) is 24.8 Å². The summed E-state index contributed by atoms with van der Waals surface area (Å²) in [4.78, 5) is 23.9. The molecule has 0 unspecified atom stereocenters. The smallest absolute Gasteiger partial charge is 0.305 e. The first kappa shape index (κ1) is 17.1. The molecule has 1 N–H and O–H groups in total. The minimum absolute atomic E-state index is 0.0321. The van der Waals surface area contributed by atoms with E-state index >= 15 is 0 Å². The van der Waals surface area contributed by atoms with Gasteiger partial charge in [0.2, 0.25) is 11.7 Å². The maximum Gasteiger partial charge on any atom is 0.305 e. The highest BCUT2D eigenvalue weighted by Crippen LogP contribution is 2.23. The Morgan fingerprint density at radius 2 is 2.13 bits per heavy atom. The van der Waals surface area contributed by atoms with Gasteiger partial charge < -0.3 is 10.1 Å². The third kappa shape index (κ3) is 5.13. The molecule has 0 saturated carbocycles. The molecule has 0 spiro atoms. The van der Waals surface area contributed by atoms with Crippen LogP contribution in [0.5, 0.6) is 0 Å². The molecule has 2 aromatic rings. The molecule has 23 heavy (non-hydrogen) atoms. The van der Waals surface area contributed by atoms with E-state index in [0.29, 0.717) is 18.8 Å². The minimum atomic E-state index is -0.296. The van der Waals surface area contributed by atoms with Gasteiger partial charge in [0, 0.05) is 23.0 Å². The topological polar surface area (TPSA) is 99.0 Å². The number of carbonyl (C=O) groups excluding carboxylic acids is 2. The molecule has 1 amide bonds. The lowest BCUT2D eigenvalue weighted by atomic mass is 10.2. The lowest BCUT2D eigenvalue weighted by Gasteiger charge is -2.03. The van der Waals surface area contributed by atoms with Crippen LogP contribution in [0.2, 0.25) is 0 Å². The molecule has 0 saturated heterocycles. The summed E-state index contributed by atoms with van der Waals surface area (Å²) in [6.45, 7) is 0.357. The van der Waals surface area contributed by atoms with E-state index in [4.69, 9.17) is 0 Å². The molecule has 0 atom stereocenters. The fourth-order valence-electron chi connectivity index (χ4n) is 1.81. The van der Waals surface area contributed by atoms with Crippen LogP contribution in [0.15, 0.2) is 28.7 Å². The summed E-state index contributed by atoms with van der Waals surface area (Å²) >= 11 is 3.42. The maximum atomic E-state index is 11.8. The number of rotatable bonds is 7. The Kier molecular flexibility index (Phi) is 6.21. The van der Waals surface area contributed by atoms with Gasteiger partial charge in [-0.2, -0.15) is 4.80 Å². The van der Waals surface area contributed by atoms with Crippen molar-refractivity contribution in [3.63, 3.8) is 0 Å². The summed E-state index contributed by atoms with van der Waals surface area (Å²) in [6, 6.07) is 7.50. The normalized spacial score (nSPS) is 10.3. The Morgan fingerprint density at radius 1 is 1.35 bits per heavy atom. The third-order valence-electron chi connectivity index (χ3n) is 2.96. The third-order valence-corrected chi connectivity index (χ3v) is 3.65. The number of ether oxygens (including phenoxy) is 1. The van der Waals surface area contributed by atoms with Crippen molar-refractivity contribution in [3.05, 3.63) is 28.7 Å². The molecular weight excluding hydrogens is 366 g/mol. The van der Waals surface area contributed by atoms with Crippen molar-refractivity contribution in [2.45, 2.75) is 19.4 Å². The summed E-state index contributed by atoms with van der Waals surface area (Å²) in [5, 5.41) is 14.7. The molecule has 1 aromatic carbocycles. The van der Waals surface area contributed by atoms with E-state index in [9.17, 15) is 9.59 Å². The standard InChI is InChI=1S/C14H16BrN5O3/c1-23-13(22)7-4-8-16-12(21)9-20-18-14(17-19-20)10-5-2-3-6-11(10)15/h2-3,5-6H,4,7-9H2,1H3,(H,16,21). The van der Waals surface area contributed by atoms with Crippen LogP contribution in [-0.2, 0) is 20.9 Å². The predicted molar refractivity (Wildman–Crippen MR) is 85.2 cm³/mol. The van der Waals surface area contributed by atoms with Gasteiger partial charge in [0.25, 0.3) is 0 Å². The summed E-state index contributed by atoms with van der Waals surface area (Å²) < 4.78 is 5.37. The van der Waals surface area contributed by atoms with Crippen molar-refractivity contribution in [2.24, 2.45) is 0 Å². The Labute approximate surface area is 141 Å². The van der Waals surface area contributed by atoms with Crippen LogP contribution in [0.25, 0.3) is 11.4 Å². The number of esters is 1. The number of tetrazole rings is 1. The van der Waals surface area contributed by atoms with Gasteiger partial charge in [-0.05, 0) is 23.8 Å². The van der Waals surface area contributed by atoms with Crippen molar-refractivity contribution in [1.29, 1.82) is 0 Å². The van der Waals surface area contributed by atoms with Crippen LogP contribution >= 0.6 is 15.9 Å². The van der Waals surface area contributed by atoms with Gasteiger partial charge in [0.15, 0.2) is 0 Å². The highest BCUT2D eigenvalue weighted by molar-refractivity contribution is 9.10. The monoisotopic (exact) mass is 381 g/mol. The lowest BCUT2D eigenvalue weighted by molar-refractivity contribution is -0.140. The summed E-state index contributed by atoms with van der Waals surface area (Å²) in [5.74, 6) is -0.0998. The number of methoxy groups -OCH3 is 1. The van der Waals surface area contributed by atoms with Crippen molar-refractivity contribution in [2.75, 3.05) is 13.7 Å². The number of nitrogens with one attached hydrogen (secondary N) is 1. The van der Waals surface area contributed by atoms with E-state index < -0.39 is 0 Å². The molecule has 1 heterocycles. The van der Waals surface area contributed by atoms with Crippen LogP contribution in [0.3, 0.4) is 0 Å². The van der Waals surface area contributed by atoms with Crippen molar-refractivity contribution >= 4 is 27.8 Å². The van der Waals surface area contributed by atoms with E-state index in [1.54, 1.807) is 0 Å². The van der Waals surface area contributed by atoms with Crippen LogP contribution in [-0.4, -0.2) is 45.7 Å². The number of carbonyl (C=O) groups is 2. The van der Waals surface area contributed by atoms with E-state index in [1.807, 2.05) is 24.3 Å². The van der Waals surface area contributed by atoms with Crippen molar-refractivity contribution < 1.29 is 14.3 Å². The summed E-state index contributed by atoms with van der Waals surface area (Å²) in [5.41, 5.74) is 0.803. The molecule has 8 nitrogen and oxygen atoms in total. The van der Waals surface area contributed by atoms with Crippen molar-refractivity contribution in [1.82, 2.24) is 25.5 Å². The van der Waals surface area contributed by atoms with Gasteiger partial charge in [-0.1, -0.05) is 28.1 Å². The molecule has 0 aliphatic heterocycles. The van der Waals surface area contributed by atoms with Gasteiger partial charge in [0.1, 0.15) is 6.54 Å². The first-order valence-corrected chi connectivity index (χ1v) is 7.75. The van der Waals surface area contributed by atoms with Crippen LogP contribution < -0.4 is 5.32 Å². The molecule has 0 bridgehead atoms. The van der Waals surface area contributed by atoms with Gasteiger partial charge >= 0.3 is 5.97 Å². The molecular formula is C14H16BrN5O3.